The third-order valence-corrected chi connectivity index (χ3v) is 3.91. The zero-order chi connectivity index (χ0) is 15.8. The summed E-state index contributed by atoms with van der Waals surface area (Å²) in [6, 6.07) is -0.400. The molecule has 1 saturated heterocycles. The molecule has 0 aliphatic carbocycles. The number of hydrogen-bond donors (Lipinski definition) is 1. The third-order valence-electron chi connectivity index (χ3n) is 3.91. The summed E-state index contributed by atoms with van der Waals surface area (Å²) in [6.07, 6.45) is 2.11. The average Bonchev–Trinajstić information content (AvgIpc) is 2.96. The monoisotopic (exact) mass is 294 g/mol. The molecule has 2 unspecified atom stereocenters. The summed E-state index contributed by atoms with van der Waals surface area (Å²) in [5, 5.41) is 18.0. The minimum Gasteiger partial charge on any atom is -0.391 e. The number of aliphatic hydroxyl groups is 1. The molecule has 1 aliphatic rings. The van der Waals surface area contributed by atoms with E-state index in [1.807, 2.05) is 27.0 Å². The van der Waals surface area contributed by atoms with Gasteiger partial charge in [0.05, 0.1) is 11.8 Å². The highest BCUT2D eigenvalue weighted by molar-refractivity contribution is 5.81. The molecule has 0 aromatic carbocycles. The molecule has 2 atom stereocenters. The number of carbonyl (C=O) groups is 1. The molecule has 21 heavy (non-hydrogen) atoms. The molecule has 1 amide bonds. The van der Waals surface area contributed by atoms with Crippen LogP contribution in [0.15, 0.2) is 6.20 Å². The molecule has 2 heterocycles. The van der Waals surface area contributed by atoms with E-state index in [4.69, 9.17) is 0 Å². The molecular weight excluding hydrogens is 268 g/mol. The van der Waals surface area contributed by atoms with Crippen molar-refractivity contribution >= 4 is 5.91 Å². The number of β-amino-alcohol motifs (C(OH)–C–C–N with tert-alkyl or cyclic N) is 1. The van der Waals surface area contributed by atoms with Crippen LogP contribution in [0.25, 0.3) is 0 Å². The Bertz CT molecular complexity index is 504. The van der Waals surface area contributed by atoms with Crippen LogP contribution in [0.4, 0.5) is 0 Å². The van der Waals surface area contributed by atoms with E-state index in [-0.39, 0.29) is 17.2 Å². The number of nitrogens with zero attached hydrogens (tertiary/aromatic N) is 4. The Hall–Kier alpha value is -1.43. The molecule has 1 aromatic heterocycles. The first-order chi connectivity index (χ1) is 9.70. The van der Waals surface area contributed by atoms with Crippen molar-refractivity contribution in [1.29, 1.82) is 0 Å². The molecule has 118 valence electrons. The minimum absolute atomic E-state index is 0.0132. The molecule has 1 aliphatic heterocycles. The van der Waals surface area contributed by atoms with E-state index in [2.05, 4.69) is 24.2 Å². The van der Waals surface area contributed by atoms with Gasteiger partial charge in [0.15, 0.2) is 0 Å². The highest BCUT2D eigenvalue weighted by Crippen LogP contribution is 2.33. The van der Waals surface area contributed by atoms with E-state index in [1.54, 1.807) is 9.58 Å². The highest BCUT2D eigenvalue weighted by atomic mass is 16.3. The van der Waals surface area contributed by atoms with Gasteiger partial charge >= 0.3 is 0 Å². The first-order valence-electron chi connectivity index (χ1n) is 7.58. The average molecular weight is 294 g/mol. The largest absolute Gasteiger partial charge is 0.391 e. The summed E-state index contributed by atoms with van der Waals surface area (Å²) in [4.78, 5) is 14.6. The number of rotatable bonds is 3. The summed E-state index contributed by atoms with van der Waals surface area (Å²) in [6.45, 7) is 11.2. The summed E-state index contributed by atoms with van der Waals surface area (Å²) < 4.78 is 1.68. The Labute approximate surface area is 126 Å². The lowest BCUT2D eigenvalue weighted by Gasteiger charge is -2.32. The van der Waals surface area contributed by atoms with Crippen molar-refractivity contribution in [2.24, 2.45) is 5.41 Å². The van der Waals surface area contributed by atoms with Gasteiger partial charge in [0.25, 0.3) is 0 Å². The standard InChI is InChI=1S/C15H26N4O2/c1-10(2)12-9-19(17-16-12)13(15(3,4)5)14(21)18-7-6-11(20)8-18/h9-11,13,20H,6-8H2,1-5H3. The van der Waals surface area contributed by atoms with Gasteiger partial charge in [0.2, 0.25) is 5.91 Å². The van der Waals surface area contributed by atoms with Crippen molar-refractivity contribution in [2.45, 2.75) is 59.1 Å². The maximum absolute atomic E-state index is 12.8. The number of aromatic nitrogens is 3. The number of likely N-dealkylation sites (tertiary alicyclic amines) is 1. The van der Waals surface area contributed by atoms with Gasteiger partial charge in [0, 0.05) is 19.3 Å². The molecule has 1 N–H and O–H groups in total. The second-order valence-corrected chi connectivity index (χ2v) is 7.27. The summed E-state index contributed by atoms with van der Waals surface area (Å²) in [5.41, 5.74) is 0.616. The number of aliphatic hydroxyl groups excluding tert-OH is 1. The smallest absolute Gasteiger partial charge is 0.248 e. The molecule has 6 nitrogen and oxygen atoms in total. The Morgan fingerprint density at radius 3 is 2.52 bits per heavy atom. The zero-order valence-electron chi connectivity index (χ0n) is 13.6. The van der Waals surface area contributed by atoms with Gasteiger partial charge in [-0.3, -0.25) is 4.79 Å². The van der Waals surface area contributed by atoms with Crippen LogP contribution in [-0.2, 0) is 4.79 Å². The molecule has 6 heteroatoms. The van der Waals surface area contributed by atoms with Crippen LogP contribution in [0.3, 0.4) is 0 Å². The summed E-state index contributed by atoms with van der Waals surface area (Å²) >= 11 is 0. The van der Waals surface area contributed by atoms with Gasteiger partial charge in [-0.2, -0.15) is 0 Å². The van der Waals surface area contributed by atoms with Gasteiger partial charge in [-0.15, -0.1) is 5.10 Å². The van der Waals surface area contributed by atoms with Crippen LogP contribution in [0, 0.1) is 5.41 Å². The fraction of sp³-hybridized carbons (Fsp3) is 0.800. The van der Waals surface area contributed by atoms with Crippen molar-refractivity contribution in [1.82, 2.24) is 19.9 Å². The first-order valence-corrected chi connectivity index (χ1v) is 7.58. The van der Waals surface area contributed by atoms with Crippen LogP contribution in [0.5, 0.6) is 0 Å². The van der Waals surface area contributed by atoms with Gasteiger partial charge in [-0.1, -0.05) is 39.8 Å². The predicted octanol–water partition coefficient (Wildman–Crippen LogP) is 1.58. The zero-order valence-corrected chi connectivity index (χ0v) is 13.6. The van der Waals surface area contributed by atoms with Crippen LogP contribution < -0.4 is 0 Å². The predicted molar refractivity (Wildman–Crippen MR) is 79.8 cm³/mol. The normalized spacial score (nSPS) is 21.1. The highest BCUT2D eigenvalue weighted by Gasteiger charge is 2.39. The maximum atomic E-state index is 12.8. The van der Waals surface area contributed by atoms with E-state index in [0.717, 1.165) is 5.69 Å². The topological polar surface area (TPSA) is 71.2 Å². The fourth-order valence-corrected chi connectivity index (χ4v) is 2.68. The molecule has 0 radical (unpaired) electrons. The van der Waals surface area contributed by atoms with Crippen LogP contribution in [-0.4, -0.2) is 50.1 Å². The first kappa shape index (κ1) is 15.9. The fourth-order valence-electron chi connectivity index (χ4n) is 2.68. The molecular formula is C15H26N4O2. The van der Waals surface area contributed by atoms with Crippen molar-refractivity contribution in [2.75, 3.05) is 13.1 Å². The molecule has 0 bridgehead atoms. The van der Waals surface area contributed by atoms with Gasteiger partial charge in [0.1, 0.15) is 6.04 Å². The van der Waals surface area contributed by atoms with Crippen LogP contribution in [0.1, 0.15) is 58.7 Å². The van der Waals surface area contributed by atoms with Crippen LogP contribution >= 0.6 is 0 Å². The lowest BCUT2D eigenvalue weighted by Crippen LogP contribution is -2.42. The van der Waals surface area contributed by atoms with Gasteiger partial charge in [-0.25, -0.2) is 4.68 Å². The van der Waals surface area contributed by atoms with E-state index < -0.39 is 12.1 Å². The van der Waals surface area contributed by atoms with E-state index in [1.165, 1.54) is 0 Å². The van der Waals surface area contributed by atoms with Crippen molar-refractivity contribution in [3.05, 3.63) is 11.9 Å². The third kappa shape index (κ3) is 3.43. The number of hydrogen-bond acceptors (Lipinski definition) is 4. The Morgan fingerprint density at radius 2 is 2.10 bits per heavy atom. The number of carbonyl (C=O) groups excluding carboxylic acids is 1. The second-order valence-electron chi connectivity index (χ2n) is 7.27. The van der Waals surface area contributed by atoms with Crippen molar-refractivity contribution in [3.63, 3.8) is 0 Å². The van der Waals surface area contributed by atoms with E-state index in [9.17, 15) is 9.90 Å². The molecule has 0 spiro atoms. The molecule has 0 saturated carbocycles. The van der Waals surface area contributed by atoms with Gasteiger partial charge < -0.3 is 10.0 Å². The molecule has 1 fully saturated rings. The SMILES string of the molecule is CC(C)c1cn(C(C(=O)N2CCC(O)C2)C(C)(C)C)nn1. The molecule has 1 aromatic rings. The van der Waals surface area contributed by atoms with E-state index in [0.29, 0.717) is 19.5 Å². The van der Waals surface area contributed by atoms with Gasteiger partial charge in [-0.05, 0) is 17.8 Å². The maximum Gasteiger partial charge on any atom is 0.248 e. The number of amides is 1. The Morgan fingerprint density at radius 1 is 1.43 bits per heavy atom. The lowest BCUT2D eigenvalue weighted by atomic mass is 9.86. The van der Waals surface area contributed by atoms with Crippen LogP contribution in [0.2, 0.25) is 0 Å². The second kappa shape index (κ2) is 5.75. The lowest BCUT2D eigenvalue weighted by molar-refractivity contribution is -0.137. The summed E-state index contributed by atoms with van der Waals surface area (Å²) in [7, 11) is 0. The summed E-state index contributed by atoms with van der Waals surface area (Å²) in [5.74, 6) is 0.294. The molecule has 2 rings (SSSR count). The Balaban J connectivity index is 2.28. The van der Waals surface area contributed by atoms with Crippen molar-refractivity contribution < 1.29 is 9.90 Å². The Kier molecular flexibility index (Phi) is 4.37. The minimum atomic E-state index is -0.406. The van der Waals surface area contributed by atoms with E-state index >= 15 is 0 Å². The van der Waals surface area contributed by atoms with Crippen molar-refractivity contribution in [3.8, 4) is 0 Å². The quantitative estimate of drug-likeness (QED) is 0.919.